The van der Waals surface area contributed by atoms with Gasteiger partial charge in [0.05, 0.1) is 6.61 Å². The number of aliphatic hydroxyl groups is 1. The Hall–Kier alpha value is -1.55. The van der Waals surface area contributed by atoms with Crippen LogP contribution in [-0.2, 0) is 11.3 Å². The smallest absolute Gasteiger partial charge is 0.409 e. The molecule has 0 aliphatic heterocycles. The van der Waals surface area contributed by atoms with Crippen molar-refractivity contribution >= 4 is 6.09 Å². The van der Waals surface area contributed by atoms with Gasteiger partial charge in [-0.15, -0.1) is 0 Å². The zero-order valence-corrected chi connectivity index (χ0v) is 8.72. The molecule has 4 heteroatoms. The molecule has 0 aliphatic rings. The maximum absolute atomic E-state index is 11.3. The molecule has 0 heterocycles. The number of carbonyl (C=O) groups is 1. The van der Waals surface area contributed by atoms with Crippen LogP contribution in [0.2, 0.25) is 0 Å². The van der Waals surface area contributed by atoms with Crippen molar-refractivity contribution in [1.82, 2.24) is 4.90 Å². The summed E-state index contributed by atoms with van der Waals surface area (Å²) in [6, 6.07) is 9.64. The SMILES string of the molecule is CN(Cc1ccccc1)C(=O)OCCO. The van der Waals surface area contributed by atoms with Gasteiger partial charge in [0.2, 0.25) is 0 Å². The standard InChI is InChI=1S/C11H15NO3/c1-12(11(14)15-8-7-13)9-10-5-3-2-4-6-10/h2-6,13H,7-9H2,1H3. The molecule has 1 aromatic carbocycles. The lowest BCUT2D eigenvalue weighted by atomic mass is 10.2. The number of carbonyl (C=O) groups excluding carboxylic acids is 1. The molecule has 0 spiro atoms. The zero-order valence-electron chi connectivity index (χ0n) is 8.72. The topological polar surface area (TPSA) is 49.8 Å². The van der Waals surface area contributed by atoms with Gasteiger partial charge in [0.25, 0.3) is 0 Å². The fourth-order valence-electron chi connectivity index (χ4n) is 1.16. The molecule has 0 saturated heterocycles. The molecule has 0 saturated carbocycles. The van der Waals surface area contributed by atoms with Crippen LogP contribution < -0.4 is 0 Å². The lowest BCUT2D eigenvalue weighted by molar-refractivity contribution is 0.0894. The van der Waals surface area contributed by atoms with E-state index in [2.05, 4.69) is 0 Å². The fourth-order valence-corrected chi connectivity index (χ4v) is 1.16. The van der Waals surface area contributed by atoms with E-state index in [1.807, 2.05) is 30.3 Å². The van der Waals surface area contributed by atoms with Gasteiger partial charge in [-0.05, 0) is 5.56 Å². The largest absolute Gasteiger partial charge is 0.447 e. The monoisotopic (exact) mass is 209 g/mol. The van der Waals surface area contributed by atoms with E-state index in [9.17, 15) is 4.79 Å². The van der Waals surface area contributed by atoms with E-state index in [-0.39, 0.29) is 13.2 Å². The number of benzene rings is 1. The quantitative estimate of drug-likeness (QED) is 0.811. The summed E-state index contributed by atoms with van der Waals surface area (Å²) >= 11 is 0. The molecule has 1 amide bonds. The predicted molar refractivity (Wildman–Crippen MR) is 56.3 cm³/mol. The first-order chi connectivity index (χ1) is 7.24. The summed E-state index contributed by atoms with van der Waals surface area (Å²) in [7, 11) is 1.66. The maximum atomic E-state index is 11.3. The number of amides is 1. The van der Waals surface area contributed by atoms with Crippen molar-refractivity contribution in [2.24, 2.45) is 0 Å². The van der Waals surface area contributed by atoms with Gasteiger partial charge in [-0.2, -0.15) is 0 Å². The molecule has 1 rings (SSSR count). The average Bonchev–Trinajstić information content (AvgIpc) is 2.27. The Morgan fingerprint density at radius 1 is 1.40 bits per heavy atom. The molecule has 0 aliphatic carbocycles. The Kier molecular flexibility index (Phi) is 4.63. The van der Waals surface area contributed by atoms with E-state index in [0.717, 1.165) is 5.56 Å². The number of nitrogens with zero attached hydrogens (tertiary/aromatic N) is 1. The third-order valence-corrected chi connectivity index (χ3v) is 1.89. The number of ether oxygens (including phenoxy) is 1. The van der Waals surface area contributed by atoms with Gasteiger partial charge in [0.15, 0.2) is 0 Å². The predicted octanol–water partition coefficient (Wildman–Crippen LogP) is 1.25. The summed E-state index contributed by atoms with van der Waals surface area (Å²) in [5, 5.41) is 8.49. The third-order valence-electron chi connectivity index (χ3n) is 1.89. The summed E-state index contributed by atoms with van der Waals surface area (Å²) in [4.78, 5) is 12.8. The number of aliphatic hydroxyl groups excluding tert-OH is 1. The lowest BCUT2D eigenvalue weighted by Gasteiger charge is -2.16. The van der Waals surface area contributed by atoms with Gasteiger partial charge < -0.3 is 14.7 Å². The highest BCUT2D eigenvalue weighted by Gasteiger charge is 2.09. The van der Waals surface area contributed by atoms with Crippen LogP contribution in [0, 0.1) is 0 Å². The van der Waals surface area contributed by atoms with Crippen LogP contribution >= 0.6 is 0 Å². The second-order valence-corrected chi connectivity index (χ2v) is 3.18. The molecule has 4 nitrogen and oxygen atoms in total. The van der Waals surface area contributed by atoms with Gasteiger partial charge in [-0.25, -0.2) is 4.79 Å². The highest BCUT2D eigenvalue weighted by Crippen LogP contribution is 2.03. The Labute approximate surface area is 89.1 Å². The van der Waals surface area contributed by atoms with Gasteiger partial charge in [0.1, 0.15) is 6.61 Å². The Morgan fingerprint density at radius 3 is 2.67 bits per heavy atom. The van der Waals surface area contributed by atoms with Crippen molar-refractivity contribution in [3.8, 4) is 0 Å². The van der Waals surface area contributed by atoms with Crippen molar-refractivity contribution < 1.29 is 14.6 Å². The Balaban J connectivity index is 2.41. The van der Waals surface area contributed by atoms with Crippen molar-refractivity contribution in [3.63, 3.8) is 0 Å². The van der Waals surface area contributed by atoms with Crippen molar-refractivity contribution in [3.05, 3.63) is 35.9 Å². The van der Waals surface area contributed by atoms with Crippen LogP contribution in [0.3, 0.4) is 0 Å². The lowest BCUT2D eigenvalue weighted by Crippen LogP contribution is -2.27. The molecule has 0 unspecified atom stereocenters. The van der Waals surface area contributed by atoms with E-state index >= 15 is 0 Å². The normalized spacial score (nSPS) is 9.73. The fraction of sp³-hybridized carbons (Fsp3) is 0.364. The summed E-state index contributed by atoms with van der Waals surface area (Å²) in [5.41, 5.74) is 1.04. The van der Waals surface area contributed by atoms with Gasteiger partial charge in [0, 0.05) is 13.6 Å². The summed E-state index contributed by atoms with van der Waals surface area (Å²) in [6.45, 7) is 0.397. The Morgan fingerprint density at radius 2 is 2.07 bits per heavy atom. The van der Waals surface area contributed by atoms with Crippen LogP contribution in [0.5, 0.6) is 0 Å². The molecular weight excluding hydrogens is 194 g/mol. The molecule has 0 bridgehead atoms. The van der Waals surface area contributed by atoms with E-state index < -0.39 is 6.09 Å². The molecule has 1 N–H and O–H groups in total. The molecule has 0 aromatic heterocycles. The Bertz CT molecular complexity index is 300. The van der Waals surface area contributed by atoms with Crippen LogP contribution in [0.1, 0.15) is 5.56 Å². The number of hydrogen-bond acceptors (Lipinski definition) is 3. The first kappa shape index (κ1) is 11.5. The van der Waals surface area contributed by atoms with Gasteiger partial charge in [-0.1, -0.05) is 30.3 Å². The first-order valence-electron chi connectivity index (χ1n) is 4.76. The minimum atomic E-state index is -0.423. The van der Waals surface area contributed by atoms with Crippen LogP contribution in [0.15, 0.2) is 30.3 Å². The number of rotatable bonds is 4. The minimum absolute atomic E-state index is 0.0396. The first-order valence-corrected chi connectivity index (χ1v) is 4.76. The molecular formula is C11H15NO3. The van der Waals surface area contributed by atoms with Gasteiger partial charge >= 0.3 is 6.09 Å². The van der Waals surface area contributed by atoms with E-state index in [4.69, 9.17) is 9.84 Å². The number of hydrogen-bond donors (Lipinski definition) is 1. The average molecular weight is 209 g/mol. The second kappa shape index (κ2) is 6.03. The highest BCUT2D eigenvalue weighted by molar-refractivity contribution is 5.67. The van der Waals surface area contributed by atoms with Crippen molar-refractivity contribution in [2.45, 2.75) is 6.54 Å². The zero-order chi connectivity index (χ0) is 11.1. The molecule has 82 valence electrons. The molecule has 15 heavy (non-hydrogen) atoms. The van der Waals surface area contributed by atoms with E-state index in [1.54, 1.807) is 7.05 Å². The minimum Gasteiger partial charge on any atom is -0.447 e. The van der Waals surface area contributed by atoms with Crippen molar-refractivity contribution in [1.29, 1.82) is 0 Å². The highest BCUT2D eigenvalue weighted by atomic mass is 16.6. The maximum Gasteiger partial charge on any atom is 0.409 e. The summed E-state index contributed by atoms with van der Waals surface area (Å²) in [5.74, 6) is 0. The van der Waals surface area contributed by atoms with Crippen LogP contribution in [0.25, 0.3) is 0 Å². The third kappa shape index (κ3) is 3.99. The van der Waals surface area contributed by atoms with Crippen molar-refractivity contribution in [2.75, 3.05) is 20.3 Å². The second-order valence-electron chi connectivity index (χ2n) is 3.18. The summed E-state index contributed by atoms with van der Waals surface area (Å²) < 4.78 is 4.76. The van der Waals surface area contributed by atoms with Crippen LogP contribution in [0.4, 0.5) is 4.79 Å². The van der Waals surface area contributed by atoms with Crippen LogP contribution in [-0.4, -0.2) is 36.4 Å². The molecule has 0 atom stereocenters. The summed E-state index contributed by atoms with van der Waals surface area (Å²) in [6.07, 6.45) is -0.423. The molecule has 0 radical (unpaired) electrons. The van der Waals surface area contributed by atoms with Gasteiger partial charge in [-0.3, -0.25) is 0 Å². The molecule has 0 fully saturated rings. The van der Waals surface area contributed by atoms with E-state index in [0.29, 0.717) is 6.54 Å². The molecule has 1 aromatic rings. The van der Waals surface area contributed by atoms with E-state index in [1.165, 1.54) is 4.90 Å².